The fourth-order valence-electron chi connectivity index (χ4n) is 4.51. The number of alkyl halides is 3. The van der Waals surface area contributed by atoms with E-state index in [0.29, 0.717) is 35.1 Å². The highest BCUT2D eigenvalue weighted by molar-refractivity contribution is 5.51. The van der Waals surface area contributed by atoms with Gasteiger partial charge in [0.2, 0.25) is 0 Å². The summed E-state index contributed by atoms with van der Waals surface area (Å²) in [5.41, 5.74) is -1.21. The Kier molecular flexibility index (Phi) is 5.58. The van der Waals surface area contributed by atoms with E-state index in [4.69, 9.17) is 4.74 Å². The molecule has 8 nitrogen and oxygen atoms in total. The van der Waals surface area contributed by atoms with Gasteiger partial charge in [-0.25, -0.2) is 13.9 Å². The van der Waals surface area contributed by atoms with E-state index in [-0.39, 0.29) is 19.6 Å². The first-order chi connectivity index (χ1) is 16.1. The molecule has 2 aliphatic rings. The van der Waals surface area contributed by atoms with Crippen molar-refractivity contribution in [2.45, 2.75) is 56.2 Å². The van der Waals surface area contributed by atoms with Crippen LogP contribution in [0.3, 0.4) is 0 Å². The van der Waals surface area contributed by atoms with Crippen molar-refractivity contribution in [1.29, 1.82) is 0 Å². The van der Waals surface area contributed by atoms with E-state index in [1.165, 1.54) is 0 Å². The SMILES string of the molecule is Cc1nn2cc(C3CC3)cnc2c1C(O)NC1(c2ncc(C(F)(F)F)cc2F)CCOCC1O. The lowest BCUT2D eigenvalue weighted by molar-refractivity contribution is -0.138. The maximum atomic E-state index is 15.0. The van der Waals surface area contributed by atoms with Gasteiger partial charge in [0.25, 0.3) is 0 Å². The van der Waals surface area contributed by atoms with Crippen LogP contribution in [-0.2, 0) is 16.5 Å². The highest BCUT2D eigenvalue weighted by Gasteiger charge is 2.47. The molecule has 1 saturated heterocycles. The third kappa shape index (κ3) is 3.94. The summed E-state index contributed by atoms with van der Waals surface area (Å²) in [4.78, 5) is 8.17. The number of aliphatic hydroxyl groups excluding tert-OH is 2. The lowest BCUT2D eigenvalue weighted by Crippen LogP contribution is -2.58. The highest BCUT2D eigenvalue weighted by Crippen LogP contribution is 2.40. The van der Waals surface area contributed by atoms with Crippen molar-refractivity contribution < 1.29 is 32.5 Å². The predicted molar refractivity (Wildman–Crippen MR) is 110 cm³/mol. The minimum Gasteiger partial charge on any atom is -0.388 e. The van der Waals surface area contributed by atoms with Crippen LogP contribution in [0.15, 0.2) is 24.7 Å². The van der Waals surface area contributed by atoms with E-state index in [1.807, 2.05) is 6.20 Å². The first-order valence-electron chi connectivity index (χ1n) is 10.9. The molecule has 0 amide bonds. The number of hydrogen-bond donors (Lipinski definition) is 3. The maximum Gasteiger partial charge on any atom is 0.417 e. The van der Waals surface area contributed by atoms with Crippen LogP contribution in [0.1, 0.15) is 59.5 Å². The molecule has 0 bridgehead atoms. The normalized spacial score (nSPS) is 24.5. The summed E-state index contributed by atoms with van der Waals surface area (Å²) < 4.78 is 60.9. The molecular formula is C22H23F4N5O3. The number of aryl methyl sites for hydroxylation is 1. The molecule has 3 unspecified atom stereocenters. The van der Waals surface area contributed by atoms with Crippen LogP contribution in [0.5, 0.6) is 0 Å². The Morgan fingerprint density at radius 1 is 1.26 bits per heavy atom. The summed E-state index contributed by atoms with van der Waals surface area (Å²) in [6.07, 6.45) is -1.45. The predicted octanol–water partition coefficient (Wildman–Crippen LogP) is 2.73. The topological polar surface area (TPSA) is 105 Å². The second-order valence-corrected chi connectivity index (χ2v) is 8.84. The molecule has 5 rings (SSSR count). The number of nitrogens with zero attached hydrogens (tertiary/aromatic N) is 4. The van der Waals surface area contributed by atoms with E-state index in [9.17, 15) is 27.8 Å². The van der Waals surface area contributed by atoms with Crippen molar-refractivity contribution in [3.63, 3.8) is 0 Å². The standard InChI is InChI=1S/C22H23F4N5O3/c1-11-17(19-28-7-13(12-2-3-12)9-31(19)30-11)20(33)29-21(4-5-34-10-16(21)32)18-15(23)6-14(8-27-18)22(24,25)26/h6-9,12,16,20,29,32-33H,2-5,10H2,1H3. The Morgan fingerprint density at radius 2 is 2.03 bits per heavy atom. The minimum absolute atomic E-state index is 0.0436. The first kappa shape index (κ1) is 23.1. The Bertz CT molecular complexity index is 1230. The van der Waals surface area contributed by atoms with Gasteiger partial charge in [-0.1, -0.05) is 0 Å². The molecule has 182 valence electrons. The van der Waals surface area contributed by atoms with Gasteiger partial charge >= 0.3 is 6.18 Å². The molecule has 3 aromatic rings. The number of nitrogens with one attached hydrogen (secondary N) is 1. The van der Waals surface area contributed by atoms with Crippen LogP contribution < -0.4 is 5.32 Å². The van der Waals surface area contributed by atoms with E-state index < -0.39 is 41.1 Å². The second-order valence-electron chi connectivity index (χ2n) is 8.84. The zero-order chi connectivity index (χ0) is 24.3. The Morgan fingerprint density at radius 3 is 2.68 bits per heavy atom. The molecule has 12 heteroatoms. The Hall–Kier alpha value is -2.67. The fourth-order valence-corrected chi connectivity index (χ4v) is 4.51. The maximum absolute atomic E-state index is 15.0. The molecule has 2 fully saturated rings. The Balaban J connectivity index is 1.54. The van der Waals surface area contributed by atoms with Crippen molar-refractivity contribution in [3.8, 4) is 0 Å². The summed E-state index contributed by atoms with van der Waals surface area (Å²) in [6.45, 7) is 1.52. The smallest absolute Gasteiger partial charge is 0.388 e. The molecule has 3 N–H and O–H groups in total. The van der Waals surface area contributed by atoms with Crippen LogP contribution in [0.2, 0.25) is 0 Å². The molecule has 0 radical (unpaired) electrons. The summed E-state index contributed by atoms with van der Waals surface area (Å²) >= 11 is 0. The van der Waals surface area contributed by atoms with Gasteiger partial charge in [0.05, 0.1) is 34.7 Å². The molecule has 4 heterocycles. The van der Waals surface area contributed by atoms with Gasteiger partial charge in [-0.2, -0.15) is 18.3 Å². The average Bonchev–Trinajstić information content (AvgIpc) is 3.56. The summed E-state index contributed by atoms with van der Waals surface area (Å²) in [5, 5.41) is 29.2. The van der Waals surface area contributed by atoms with E-state index >= 15 is 0 Å². The molecule has 34 heavy (non-hydrogen) atoms. The largest absolute Gasteiger partial charge is 0.417 e. The van der Waals surface area contributed by atoms with Gasteiger partial charge in [-0.15, -0.1) is 0 Å². The number of aromatic nitrogens is 4. The number of aliphatic hydroxyl groups is 2. The van der Waals surface area contributed by atoms with E-state index in [1.54, 1.807) is 17.6 Å². The van der Waals surface area contributed by atoms with Crippen molar-refractivity contribution in [2.24, 2.45) is 0 Å². The lowest BCUT2D eigenvalue weighted by atomic mass is 9.82. The number of halogens is 4. The molecule has 0 spiro atoms. The van der Waals surface area contributed by atoms with E-state index in [0.717, 1.165) is 18.4 Å². The summed E-state index contributed by atoms with van der Waals surface area (Å²) in [5.74, 6) is -0.804. The van der Waals surface area contributed by atoms with Gasteiger partial charge in [0, 0.05) is 25.2 Å². The molecule has 0 aromatic carbocycles. The quantitative estimate of drug-likeness (QED) is 0.380. The highest BCUT2D eigenvalue weighted by atomic mass is 19.4. The van der Waals surface area contributed by atoms with Crippen LogP contribution in [0.25, 0.3) is 5.65 Å². The van der Waals surface area contributed by atoms with Crippen LogP contribution in [-0.4, -0.2) is 49.1 Å². The van der Waals surface area contributed by atoms with E-state index in [2.05, 4.69) is 20.4 Å². The third-order valence-electron chi connectivity index (χ3n) is 6.51. The van der Waals surface area contributed by atoms with Gasteiger partial charge in [0.15, 0.2) is 5.65 Å². The molecule has 1 saturated carbocycles. The summed E-state index contributed by atoms with van der Waals surface area (Å²) in [7, 11) is 0. The second kappa shape index (κ2) is 8.22. The van der Waals surface area contributed by atoms with Crippen LogP contribution in [0.4, 0.5) is 17.6 Å². The number of hydrogen-bond acceptors (Lipinski definition) is 7. The molecule has 3 atom stereocenters. The van der Waals surface area contributed by atoms with Gasteiger partial charge in [-0.05, 0) is 43.7 Å². The minimum atomic E-state index is -4.78. The van der Waals surface area contributed by atoms with Gasteiger partial charge in [0.1, 0.15) is 18.1 Å². The molecule has 3 aromatic heterocycles. The van der Waals surface area contributed by atoms with Crippen molar-refractivity contribution in [1.82, 2.24) is 24.9 Å². The zero-order valence-corrected chi connectivity index (χ0v) is 18.2. The van der Waals surface area contributed by atoms with Crippen molar-refractivity contribution in [3.05, 3.63) is 58.6 Å². The molecule has 1 aliphatic carbocycles. The Labute approximate surface area is 191 Å². The van der Waals surface area contributed by atoms with Crippen LogP contribution >= 0.6 is 0 Å². The monoisotopic (exact) mass is 481 g/mol. The molecule has 1 aliphatic heterocycles. The van der Waals surface area contributed by atoms with Gasteiger partial charge < -0.3 is 14.9 Å². The number of rotatable bonds is 5. The number of fused-ring (bicyclic) bond motifs is 1. The first-order valence-corrected chi connectivity index (χ1v) is 10.9. The van der Waals surface area contributed by atoms with Crippen molar-refractivity contribution >= 4 is 5.65 Å². The number of pyridine rings is 1. The molecular weight excluding hydrogens is 458 g/mol. The third-order valence-corrected chi connectivity index (χ3v) is 6.51. The van der Waals surface area contributed by atoms with Crippen molar-refractivity contribution in [2.75, 3.05) is 13.2 Å². The lowest BCUT2D eigenvalue weighted by Gasteiger charge is -2.43. The van der Waals surface area contributed by atoms with Crippen LogP contribution in [0, 0.1) is 12.7 Å². The fraction of sp³-hybridized carbons (Fsp3) is 0.500. The number of ether oxygens (including phenoxy) is 1. The zero-order valence-electron chi connectivity index (χ0n) is 18.2. The average molecular weight is 481 g/mol. The van der Waals surface area contributed by atoms with Gasteiger partial charge in [-0.3, -0.25) is 10.3 Å². The summed E-state index contributed by atoms with van der Waals surface area (Å²) in [6, 6.07) is 0.335.